The molecule has 0 saturated carbocycles. The molecule has 1 aliphatic heterocycles. The fourth-order valence-corrected chi connectivity index (χ4v) is 3.84. The summed E-state index contributed by atoms with van der Waals surface area (Å²) in [4.78, 5) is 55.9. The Morgan fingerprint density at radius 3 is 2.28 bits per heavy atom. The van der Waals surface area contributed by atoms with Gasteiger partial charge in [0.1, 0.15) is 12.0 Å². The third kappa shape index (κ3) is 3.80. The van der Waals surface area contributed by atoms with Crippen LogP contribution in [0.3, 0.4) is 0 Å². The van der Waals surface area contributed by atoms with Crippen LogP contribution in [0.5, 0.6) is 0 Å². The van der Waals surface area contributed by atoms with Crippen molar-refractivity contribution in [2.45, 2.75) is 20.0 Å². The highest BCUT2D eigenvalue weighted by Gasteiger charge is 2.46. The molecule has 160 valence electrons. The summed E-state index contributed by atoms with van der Waals surface area (Å²) in [5.41, 5.74) is 2.93. The number of nitrogens with one attached hydrogen (secondary N) is 1. The molecule has 1 aliphatic rings. The standard InChI is InChI=1S/C25H20N2O5/c1-14-6-5-7-15(2)20(14)27-24(30)22(29)19(21(28)16-10-12-26-13-11-16)23-17-8-3-4-9-18(17)25(31)32-23/h3-13,19,23H,1-2H3,(H,27,30)/t19-,23-/m1/s1. The van der Waals surface area contributed by atoms with Gasteiger partial charge in [-0.25, -0.2) is 4.79 Å². The van der Waals surface area contributed by atoms with Crippen molar-refractivity contribution in [3.8, 4) is 0 Å². The van der Waals surface area contributed by atoms with E-state index in [1.807, 2.05) is 32.0 Å². The number of nitrogens with zero attached hydrogens (tertiary/aromatic N) is 1. The summed E-state index contributed by atoms with van der Waals surface area (Å²) in [5, 5.41) is 2.63. The van der Waals surface area contributed by atoms with Gasteiger partial charge >= 0.3 is 5.97 Å². The van der Waals surface area contributed by atoms with E-state index < -0.39 is 35.5 Å². The molecule has 0 radical (unpaired) electrons. The highest BCUT2D eigenvalue weighted by atomic mass is 16.5. The lowest BCUT2D eigenvalue weighted by Crippen LogP contribution is -2.38. The molecule has 1 aromatic heterocycles. The van der Waals surface area contributed by atoms with Crippen LogP contribution in [0.25, 0.3) is 0 Å². The number of para-hydroxylation sites is 1. The van der Waals surface area contributed by atoms with Gasteiger partial charge in [0.15, 0.2) is 5.78 Å². The van der Waals surface area contributed by atoms with E-state index in [-0.39, 0.29) is 11.1 Å². The lowest BCUT2D eigenvalue weighted by Gasteiger charge is -2.21. The van der Waals surface area contributed by atoms with E-state index in [0.29, 0.717) is 11.3 Å². The van der Waals surface area contributed by atoms with E-state index in [9.17, 15) is 19.2 Å². The predicted molar refractivity (Wildman–Crippen MR) is 116 cm³/mol. The fraction of sp³-hybridized carbons (Fsp3) is 0.160. The Morgan fingerprint density at radius 1 is 0.938 bits per heavy atom. The highest BCUT2D eigenvalue weighted by Crippen LogP contribution is 2.38. The maximum atomic E-state index is 13.4. The van der Waals surface area contributed by atoms with Gasteiger partial charge < -0.3 is 10.1 Å². The average Bonchev–Trinajstić information content (AvgIpc) is 3.13. The first-order valence-corrected chi connectivity index (χ1v) is 10.0. The largest absolute Gasteiger partial charge is 0.453 e. The van der Waals surface area contributed by atoms with Gasteiger partial charge in [-0.3, -0.25) is 19.4 Å². The second kappa shape index (κ2) is 8.55. The number of aromatic nitrogens is 1. The summed E-state index contributed by atoms with van der Waals surface area (Å²) in [6.45, 7) is 3.61. The number of hydrogen-bond donors (Lipinski definition) is 1. The Bertz CT molecular complexity index is 1220. The monoisotopic (exact) mass is 428 g/mol. The third-order valence-corrected chi connectivity index (χ3v) is 5.50. The van der Waals surface area contributed by atoms with Gasteiger partial charge in [0.25, 0.3) is 5.91 Å². The molecule has 2 heterocycles. The zero-order chi connectivity index (χ0) is 22.8. The molecule has 7 heteroatoms. The highest BCUT2D eigenvalue weighted by molar-refractivity contribution is 6.45. The second-order valence-corrected chi connectivity index (χ2v) is 7.58. The number of cyclic esters (lactones) is 1. The molecule has 0 bridgehead atoms. The van der Waals surface area contributed by atoms with Crippen LogP contribution in [0.2, 0.25) is 0 Å². The Balaban J connectivity index is 1.73. The molecule has 2 atom stereocenters. The Kier molecular flexibility index (Phi) is 5.64. The van der Waals surface area contributed by atoms with E-state index in [0.717, 1.165) is 11.1 Å². The van der Waals surface area contributed by atoms with Crippen LogP contribution < -0.4 is 5.32 Å². The first-order chi connectivity index (χ1) is 15.4. The third-order valence-electron chi connectivity index (χ3n) is 5.50. The van der Waals surface area contributed by atoms with Crippen LogP contribution >= 0.6 is 0 Å². The maximum absolute atomic E-state index is 13.4. The Labute approximate surface area is 184 Å². The summed E-state index contributed by atoms with van der Waals surface area (Å²) in [6.07, 6.45) is 1.64. The molecule has 2 aromatic carbocycles. The zero-order valence-corrected chi connectivity index (χ0v) is 17.5. The number of carbonyl (C=O) groups is 4. The number of carbonyl (C=O) groups excluding carboxylic acids is 4. The van der Waals surface area contributed by atoms with Gasteiger partial charge in [-0.2, -0.15) is 0 Å². The molecule has 1 N–H and O–H groups in total. The number of ketones is 2. The SMILES string of the molecule is Cc1cccc(C)c1NC(=O)C(=O)[C@@H](C(=O)c1ccncc1)[C@@H]1OC(=O)c2ccccc21. The molecule has 0 aliphatic carbocycles. The van der Waals surface area contributed by atoms with Gasteiger partial charge in [-0.15, -0.1) is 0 Å². The fourth-order valence-electron chi connectivity index (χ4n) is 3.84. The number of anilines is 1. The lowest BCUT2D eigenvalue weighted by molar-refractivity contribution is -0.138. The predicted octanol–water partition coefficient (Wildman–Crippen LogP) is 3.62. The molecule has 3 aromatic rings. The first kappa shape index (κ1) is 21.1. The second-order valence-electron chi connectivity index (χ2n) is 7.58. The van der Waals surface area contributed by atoms with Crippen LogP contribution in [-0.4, -0.2) is 28.4 Å². The van der Waals surface area contributed by atoms with Crippen molar-refractivity contribution in [2.75, 3.05) is 5.32 Å². The average molecular weight is 428 g/mol. The van der Waals surface area contributed by atoms with E-state index in [4.69, 9.17) is 4.74 Å². The number of benzene rings is 2. The van der Waals surface area contributed by atoms with Crippen molar-refractivity contribution in [3.05, 3.63) is 94.8 Å². The minimum Gasteiger partial charge on any atom is -0.453 e. The number of fused-ring (bicyclic) bond motifs is 1. The lowest BCUT2D eigenvalue weighted by atomic mass is 9.85. The van der Waals surface area contributed by atoms with Gasteiger partial charge in [-0.1, -0.05) is 36.4 Å². The molecule has 0 spiro atoms. The summed E-state index contributed by atoms with van der Waals surface area (Å²) in [5.74, 6) is -4.72. The number of Topliss-reactive ketones (excluding diaryl/α,β-unsaturated/α-hetero) is 2. The number of esters is 1. The normalized spacial score (nSPS) is 15.4. The topological polar surface area (TPSA) is 102 Å². The molecule has 0 unspecified atom stereocenters. The summed E-state index contributed by atoms with van der Waals surface area (Å²) < 4.78 is 5.43. The maximum Gasteiger partial charge on any atom is 0.339 e. The Morgan fingerprint density at radius 2 is 1.59 bits per heavy atom. The van der Waals surface area contributed by atoms with Crippen LogP contribution in [-0.2, 0) is 14.3 Å². The minimum absolute atomic E-state index is 0.193. The first-order valence-electron chi connectivity index (χ1n) is 10.0. The van der Waals surface area contributed by atoms with Crippen molar-refractivity contribution in [3.63, 3.8) is 0 Å². The quantitative estimate of drug-likeness (QED) is 0.278. The van der Waals surface area contributed by atoms with Crippen molar-refractivity contribution >= 4 is 29.1 Å². The van der Waals surface area contributed by atoms with Crippen LogP contribution in [0.15, 0.2) is 67.0 Å². The Hall–Kier alpha value is -4.13. The van der Waals surface area contributed by atoms with E-state index >= 15 is 0 Å². The van der Waals surface area contributed by atoms with Gasteiger partial charge in [0, 0.05) is 29.2 Å². The number of hydrogen-bond acceptors (Lipinski definition) is 6. The molecular formula is C25H20N2O5. The number of amides is 1. The van der Waals surface area contributed by atoms with Gasteiger partial charge in [0.2, 0.25) is 5.78 Å². The summed E-state index contributed by atoms with van der Waals surface area (Å²) >= 11 is 0. The van der Waals surface area contributed by atoms with Crippen LogP contribution in [0.1, 0.15) is 43.5 Å². The van der Waals surface area contributed by atoms with Crippen molar-refractivity contribution in [1.82, 2.24) is 4.98 Å². The summed E-state index contributed by atoms with van der Waals surface area (Å²) in [6, 6.07) is 14.9. The number of ether oxygens (including phenoxy) is 1. The zero-order valence-electron chi connectivity index (χ0n) is 17.5. The number of pyridine rings is 1. The molecule has 1 amide bonds. The minimum atomic E-state index is -1.53. The number of aryl methyl sites for hydroxylation is 2. The van der Waals surface area contributed by atoms with Gasteiger partial charge in [0.05, 0.1) is 5.56 Å². The van der Waals surface area contributed by atoms with E-state index in [2.05, 4.69) is 10.3 Å². The molecule has 0 fully saturated rings. The molecule has 7 nitrogen and oxygen atoms in total. The molecule has 0 saturated heterocycles. The molecule has 4 rings (SSSR count). The van der Waals surface area contributed by atoms with Crippen molar-refractivity contribution < 1.29 is 23.9 Å². The van der Waals surface area contributed by atoms with Crippen molar-refractivity contribution in [2.24, 2.45) is 5.92 Å². The number of rotatable bonds is 6. The van der Waals surface area contributed by atoms with Crippen LogP contribution in [0.4, 0.5) is 5.69 Å². The van der Waals surface area contributed by atoms with E-state index in [1.165, 1.54) is 24.5 Å². The van der Waals surface area contributed by atoms with Crippen molar-refractivity contribution in [1.29, 1.82) is 0 Å². The molecular weight excluding hydrogens is 408 g/mol. The van der Waals surface area contributed by atoms with Crippen LogP contribution in [0, 0.1) is 19.8 Å². The summed E-state index contributed by atoms with van der Waals surface area (Å²) in [7, 11) is 0. The smallest absolute Gasteiger partial charge is 0.339 e. The van der Waals surface area contributed by atoms with E-state index in [1.54, 1.807) is 24.3 Å². The van der Waals surface area contributed by atoms with Gasteiger partial charge in [-0.05, 0) is 43.2 Å². The molecule has 32 heavy (non-hydrogen) atoms.